The molecule has 0 spiro atoms. The third-order valence-electron chi connectivity index (χ3n) is 3.92. The second-order valence-electron chi connectivity index (χ2n) is 4.82. The maximum atomic E-state index is 5.47. The maximum absolute atomic E-state index is 5.47. The molecule has 1 unspecified atom stereocenters. The number of likely N-dealkylation sites (tertiary alicyclic amines) is 1. The lowest BCUT2D eigenvalue weighted by atomic mass is 10.0. The highest BCUT2D eigenvalue weighted by molar-refractivity contribution is 5.05. The van der Waals surface area contributed by atoms with Crippen LogP contribution in [0.3, 0.4) is 0 Å². The van der Waals surface area contributed by atoms with Gasteiger partial charge in [0.15, 0.2) is 0 Å². The monoisotopic (exact) mass is 206 g/mol. The van der Waals surface area contributed by atoms with Crippen LogP contribution >= 0.6 is 0 Å². The van der Waals surface area contributed by atoms with Crippen molar-refractivity contribution in [1.82, 2.24) is 10.2 Å². The highest BCUT2D eigenvalue weighted by atomic mass is 16.3. The normalized spacial score (nSPS) is 33.1. The number of nitrogens with one attached hydrogen (secondary N) is 1. The van der Waals surface area contributed by atoms with Gasteiger partial charge in [-0.1, -0.05) is 0 Å². The Morgan fingerprint density at radius 2 is 2.13 bits per heavy atom. The third-order valence-corrected chi connectivity index (χ3v) is 3.92. The van der Waals surface area contributed by atoms with Crippen LogP contribution in [0.25, 0.3) is 0 Å². The van der Waals surface area contributed by atoms with Gasteiger partial charge in [-0.05, 0) is 44.0 Å². The smallest absolute Gasteiger partial charge is 0.120 e. The molecule has 1 aromatic heterocycles. The summed E-state index contributed by atoms with van der Waals surface area (Å²) in [7, 11) is 0. The Labute approximate surface area is 90.4 Å². The van der Waals surface area contributed by atoms with E-state index in [-0.39, 0.29) is 0 Å². The molecule has 0 aromatic carbocycles. The number of rotatable bonds is 2. The number of hydrogen-bond acceptors (Lipinski definition) is 3. The minimum atomic E-state index is 0.436. The molecule has 1 N–H and O–H groups in total. The van der Waals surface area contributed by atoms with Crippen molar-refractivity contribution in [3.05, 3.63) is 24.2 Å². The Balaban J connectivity index is 1.69. The molecule has 82 valence electrons. The summed E-state index contributed by atoms with van der Waals surface area (Å²) in [6.07, 6.45) is 1.77. The second-order valence-corrected chi connectivity index (χ2v) is 4.82. The summed E-state index contributed by atoms with van der Waals surface area (Å²) >= 11 is 0. The number of fused-ring (bicyclic) bond motifs is 1. The first-order valence-electron chi connectivity index (χ1n) is 5.83. The van der Waals surface area contributed by atoms with E-state index in [1.807, 2.05) is 6.07 Å². The Hall–Kier alpha value is -0.800. The Kier molecular flexibility index (Phi) is 2.29. The second kappa shape index (κ2) is 3.65. The first-order valence-corrected chi connectivity index (χ1v) is 5.83. The number of nitrogens with zero attached hydrogens (tertiary/aromatic N) is 1. The molecule has 3 heteroatoms. The van der Waals surface area contributed by atoms with Crippen LogP contribution in [0.1, 0.15) is 18.7 Å². The van der Waals surface area contributed by atoms with Crippen LogP contribution < -0.4 is 5.32 Å². The molecule has 15 heavy (non-hydrogen) atoms. The van der Waals surface area contributed by atoms with E-state index in [9.17, 15) is 0 Å². The third kappa shape index (κ3) is 1.60. The van der Waals surface area contributed by atoms with Gasteiger partial charge in [-0.2, -0.15) is 0 Å². The molecule has 0 radical (unpaired) electrons. The average molecular weight is 206 g/mol. The van der Waals surface area contributed by atoms with Gasteiger partial charge in [0.05, 0.1) is 12.3 Å². The molecule has 3 nitrogen and oxygen atoms in total. The van der Waals surface area contributed by atoms with Crippen molar-refractivity contribution in [3.8, 4) is 0 Å². The summed E-state index contributed by atoms with van der Waals surface area (Å²) in [4.78, 5) is 2.55. The van der Waals surface area contributed by atoms with E-state index in [0.717, 1.165) is 17.6 Å². The van der Waals surface area contributed by atoms with Crippen molar-refractivity contribution >= 4 is 0 Å². The fourth-order valence-corrected chi connectivity index (χ4v) is 2.92. The number of hydrogen-bond donors (Lipinski definition) is 1. The van der Waals surface area contributed by atoms with E-state index >= 15 is 0 Å². The molecule has 3 heterocycles. The van der Waals surface area contributed by atoms with Gasteiger partial charge in [-0.3, -0.25) is 4.90 Å². The van der Waals surface area contributed by atoms with E-state index in [4.69, 9.17) is 4.42 Å². The van der Waals surface area contributed by atoms with Crippen LogP contribution in [-0.4, -0.2) is 31.1 Å². The van der Waals surface area contributed by atoms with Crippen LogP contribution in [0.4, 0.5) is 0 Å². The first kappa shape index (κ1) is 9.43. The van der Waals surface area contributed by atoms with Crippen LogP contribution in [0, 0.1) is 11.8 Å². The summed E-state index contributed by atoms with van der Waals surface area (Å²) < 4.78 is 5.47. The summed E-state index contributed by atoms with van der Waals surface area (Å²) in [6.45, 7) is 7.09. The van der Waals surface area contributed by atoms with Crippen molar-refractivity contribution in [3.63, 3.8) is 0 Å². The molecule has 0 amide bonds. The molecule has 0 bridgehead atoms. The van der Waals surface area contributed by atoms with Crippen molar-refractivity contribution in [2.45, 2.75) is 13.0 Å². The Morgan fingerprint density at radius 1 is 1.40 bits per heavy atom. The largest absolute Gasteiger partial charge is 0.468 e. The molecular weight excluding hydrogens is 188 g/mol. The zero-order valence-electron chi connectivity index (χ0n) is 9.15. The fourth-order valence-electron chi connectivity index (χ4n) is 2.92. The SMILES string of the molecule is CC(c1ccco1)N1C[C@H]2CNC[C@H]2C1. The van der Waals surface area contributed by atoms with Gasteiger partial charge in [0.1, 0.15) is 5.76 Å². The van der Waals surface area contributed by atoms with Crippen LogP contribution in [0.2, 0.25) is 0 Å². The average Bonchev–Trinajstić information content (AvgIpc) is 2.92. The molecule has 2 saturated heterocycles. The maximum Gasteiger partial charge on any atom is 0.120 e. The summed E-state index contributed by atoms with van der Waals surface area (Å²) in [5, 5.41) is 3.47. The topological polar surface area (TPSA) is 28.4 Å². The van der Waals surface area contributed by atoms with Crippen LogP contribution in [0.5, 0.6) is 0 Å². The predicted octanol–water partition coefficient (Wildman–Crippen LogP) is 1.49. The number of furan rings is 1. The van der Waals surface area contributed by atoms with E-state index in [0.29, 0.717) is 6.04 Å². The predicted molar refractivity (Wildman–Crippen MR) is 58.5 cm³/mol. The lowest BCUT2D eigenvalue weighted by Gasteiger charge is -2.23. The van der Waals surface area contributed by atoms with Crippen LogP contribution in [0.15, 0.2) is 22.8 Å². The standard InChI is InChI=1S/C12H18N2O/c1-9(12-3-2-4-15-12)14-7-10-5-13-6-11(10)8-14/h2-4,9-11,13H,5-8H2,1H3/t9?,10-,11+. The molecular formula is C12H18N2O. The van der Waals surface area contributed by atoms with Gasteiger partial charge in [-0.25, -0.2) is 0 Å². The van der Waals surface area contributed by atoms with Gasteiger partial charge in [0, 0.05) is 13.1 Å². The zero-order chi connectivity index (χ0) is 10.3. The fraction of sp³-hybridized carbons (Fsp3) is 0.667. The quantitative estimate of drug-likeness (QED) is 0.794. The zero-order valence-corrected chi connectivity index (χ0v) is 9.15. The van der Waals surface area contributed by atoms with Gasteiger partial charge in [0.25, 0.3) is 0 Å². The minimum absolute atomic E-state index is 0.436. The summed E-state index contributed by atoms with van der Waals surface area (Å²) in [5.41, 5.74) is 0. The highest BCUT2D eigenvalue weighted by Gasteiger charge is 2.38. The van der Waals surface area contributed by atoms with Crippen LogP contribution in [-0.2, 0) is 0 Å². The van der Waals surface area contributed by atoms with E-state index in [2.05, 4.69) is 23.2 Å². The van der Waals surface area contributed by atoms with E-state index in [1.165, 1.54) is 26.2 Å². The summed E-state index contributed by atoms with van der Waals surface area (Å²) in [5.74, 6) is 2.83. The van der Waals surface area contributed by atoms with Crippen molar-refractivity contribution in [2.75, 3.05) is 26.2 Å². The Bertz CT molecular complexity index is 310. The van der Waals surface area contributed by atoms with E-state index < -0.39 is 0 Å². The van der Waals surface area contributed by atoms with Crippen molar-refractivity contribution in [1.29, 1.82) is 0 Å². The molecule has 2 fully saturated rings. The molecule has 2 aliphatic rings. The van der Waals surface area contributed by atoms with Crippen molar-refractivity contribution in [2.24, 2.45) is 11.8 Å². The van der Waals surface area contributed by atoms with Gasteiger partial charge in [0.2, 0.25) is 0 Å². The lowest BCUT2D eigenvalue weighted by Crippen LogP contribution is -2.28. The van der Waals surface area contributed by atoms with E-state index in [1.54, 1.807) is 6.26 Å². The lowest BCUT2D eigenvalue weighted by molar-refractivity contribution is 0.216. The molecule has 0 saturated carbocycles. The molecule has 1 aromatic rings. The molecule has 0 aliphatic carbocycles. The Morgan fingerprint density at radius 3 is 2.73 bits per heavy atom. The van der Waals surface area contributed by atoms with Gasteiger partial charge in [-0.15, -0.1) is 0 Å². The van der Waals surface area contributed by atoms with Gasteiger partial charge >= 0.3 is 0 Å². The molecule has 3 rings (SSSR count). The minimum Gasteiger partial charge on any atom is -0.468 e. The van der Waals surface area contributed by atoms with Gasteiger partial charge < -0.3 is 9.73 Å². The molecule has 2 aliphatic heterocycles. The summed E-state index contributed by atoms with van der Waals surface area (Å²) in [6, 6.07) is 4.49. The first-order chi connectivity index (χ1) is 7.34. The van der Waals surface area contributed by atoms with Crippen molar-refractivity contribution < 1.29 is 4.42 Å². The molecule has 3 atom stereocenters. The highest BCUT2D eigenvalue weighted by Crippen LogP contribution is 2.32.